The Kier molecular flexibility index (Phi) is 10.4. The topological polar surface area (TPSA) is 101 Å². The lowest BCUT2D eigenvalue weighted by Crippen LogP contribution is -2.28. The van der Waals surface area contributed by atoms with Gasteiger partial charge in [0.2, 0.25) is 18.7 Å². The van der Waals surface area contributed by atoms with Crippen molar-refractivity contribution in [3.05, 3.63) is 88.1 Å². The van der Waals surface area contributed by atoms with E-state index in [4.69, 9.17) is 11.6 Å². The molecule has 3 aromatic rings. The van der Waals surface area contributed by atoms with E-state index in [1.165, 1.54) is 35.6 Å². The van der Waals surface area contributed by atoms with E-state index >= 15 is 0 Å². The summed E-state index contributed by atoms with van der Waals surface area (Å²) in [5.74, 6) is 0.265. The summed E-state index contributed by atoms with van der Waals surface area (Å²) in [6, 6.07) is 15.7. The van der Waals surface area contributed by atoms with Crippen molar-refractivity contribution in [2.75, 3.05) is 23.7 Å². The summed E-state index contributed by atoms with van der Waals surface area (Å²) in [5.41, 5.74) is 0.986. The number of amides is 3. The Labute approximate surface area is 219 Å². The maximum Gasteiger partial charge on any atom is 0.255 e. The van der Waals surface area contributed by atoms with Crippen LogP contribution in [0.5, 0.6) is 0 Å². The summed E-state index contributed by atoms with van der Waals surface area (Å²) in [7, 11) is 0. The first-order chi connectivity index (χ1) is 17.9. The van der Waals surface area contributed by atoms with E-state index in [-0.39, 0.29) is 11.2 Å². The number of hydrogen-bond donors (Lipinski definition) is 2. The maximum atomic E-state index is 13.5. The lowest BCUT2D eigenvalue weighted by Gasteiger charge is -2.13. The van der Waals surface area contributed by atoms with Crippen LogP contribution in [-0.2, 0) is 14.4 Å². The molecule has 2 aromatic carbocycles. The molecule has 5 rings (SSSR count). The zero-order chi connectivity index (χ0) is 26.6. The molecule has 2 heterocycles. The Bertz CT molecular complexity index is 1260. The molecule has 10 heteroatoms. The molecule has 37 heavy (non-hydrogen) atoms. The fourth-order valence-corrected chi connectivity index (χ4v) is 3.74. The number of hydrogen-bond acceptors (Lipinski definition) is 4. The molecule has 0 bridgehead atoms. The van der Waals surface area contributed by atoms with Crippen molar-refractivity contribution in [1.82, 2.24) is 9.47 Å². The molecule has 2 fully saturated rings. The lowest BCUT2D eigenvalue weighted by molar-refractivity contribution is -0.131. The summed E-state index contributed by atoms with van der Waals surface area (Å²) in [6.07, 6.45) is 7.31. The van der Waals surface area contributed by atoms with Crippen LogP contribution in [0.3, 0.4) is 0 Å². The molecule has 1 saturated carbocycles. The van der Waals surface area contributed by atoms with Crippen LogP contribution in [0.1, 0.15) is 25.7 Å². The number of halogens is 2. The standard InChI is InChI=1S/C12H9FN2O2.C8H13NO.C7H6ClNO/c13-10-7-9(4-5-11(10)14-8-16)15-6-2-1-3-12(15)17;10-8(7-3-4-7)9-5-1-2-6-9;8-6-1-3-7(4-2-6)9-5-10/h1-8H,(H,14,16);7H,1-6H2;1-5H,(H,9,10). The molecular weight excluding hydrogens is 499 g/mol. The van der Waals surface area contributed by atoms with E-state index in [1.807, 2.05) is 4.90 Å². The van der Waals surface area contributed by atoms with E-state index < -0.39 is 5.82 Å². The zero-order valence-electron chi connectivity index (χ0n) is 20.1. The number of rotatable bonds is 6. The van der Waals surface area contributed by atoms with Gasteiger partial charge >= 0.3 is 0 Å². The van der Waals surface area contributed by atoms with E-state index in [9.17, 15) is 23.6 Å². The van der Waals surface area contributed by atoms with Crippen molar-refractivity contribution in [2.45, 2.75) is 25.7 Å². The number of aromatic nitrogens is 1. The first-order valence-electron chi connectivity index (χ1n) is 11.8. The van der Waals surface area contributed by atoms with Gasteiger partial charge < -0.3 is 15.5 Å². The number of carbonyl (C=O) groups excluding carboxylic acids is 3. The Balaban J connectivity index is 0.000000164. The molecule has 0 radical (unpaired) electrons. The first-order valence-corrected chi connectivity index (χ1v) is 12.2. The van der Waals surface area contributed by atoms with Gasteiger partial charge in [-0.05, 0) is 68.1 Å². The summed E-state index contributed by atoms with van der Waals surface area (Å²) in [5, 5.41) is 5.39. The third-order valence-electron chi connectivity index (χ3n) is 5.68. The second kappa shape index (κ2) is 13.9. The third-order valence-corrected chi connectivity index (χ3v) is 5.93. The molecule has 0 atom stereocenters. The summed E-state index contributed by atoms with van der Waals surface area (Å²) >= 11 is 5.60. The smallest absolute Gasteiger partial charge is 0.255 e. The van der Waals surface area contributed by atoms with Gasteiger partial charge in [0, 0.05) is 48.0 Å². The van der Waals surface area contributed by atoms with Gasteiger partial charge in [-0.25, -0.2) is 4.39 Å². The van der Waals surface area contributed by atoms with Gasteiger partial charge in [-0.15, -0.1) is 0 Å². The van der Waals surface area contributed by atoms with Crippen molar-refractivity contribution >= 4 is 41.7 Å². The number of likely N-dealkylation sites (tertiary alicyclic amines) is 1. The summed E-state index contributed by atoms with van der Waals surface area (Å²) in [4.78, 5) is 45.0. The lowest BCUT2D eigenvalue weighted by atomic mass is 10.2. The molecule has 1 saturated heterocycles. The van der Waals surface area contributed by atoms with Crippen LogP contribution in [0.15, 0.2) is 71.7 Å². The molecule has 1 aliphatic carbocycles. The Hall–Kier alpha value is -3.98. The molecule has 2 N–H and O–H groups in total. The number of anilines is 2. The van der Waals surface area contributed by atoms with Crippen molar-refractivity contribution in [2.24, 2.45) is 5.92 Å². The van der Waals surface area contributed by atoms with E-state index in [2.05, 4.69) is 10.6 Å². The second-order valence-electron chi connectivity index (χ2n) is 8.41. The van der Waals surface area contributed by atoms with Gasteiger partial charge in [0.15, 0.2) is 0 Å². The fourth-order valence-electron chi connectivity index (χ4n) is 3.62. The van der Waals surface area contributed by atoms with E-state index in [0.29, 0.717) is 35.4 Å². The minimum absolute atomic E-state index is 0.0766. The van der Waals surface area contributed by atoms with Crippen molar-refractivity contribution in [3.8, 4) is 5.69 Å². The molecule has 0 spiro atoms. The van der Waals surface area contributed by atoms with Crippen LogP contribution in [-0.4, -0.2) is 41.3 Å². The highest BCUT2D eigenvalue weighted by atomic mass is 35.5. The first kappa shape index (κ1) is 27.6. The highest BCUT2D eigenvalue weighted by molar-refractivity contribution is 6.30. The summed E-state index contributed by atoms with van der Waals surface area (Å²) < 4.78 is 14.8. The molecule has 3 amide bonds. The van der Waals surface area contributed by atoms with Gasteiger partial charge in [0.05, 0.1) is 11.4 Å². The van der Waals surface area contributed by atoms with Crippen LogP contribution in [0.4, 0.5) is 15.8 Å². The van der Waals surface area contributed by atoms with Crippen molar-refractivity contribution in [3.63, 3.8) is 0 Å². The molecule has 1 aromatic heterocycles. The van der Waals surface area contributed by atoms with Crippen molar-refractivity contribution in [1.29, 1.82) is 0 Å². The monoisotopic (exact) mass is 526 g/mol. The van der Waals surface area contributed by atoms with E-state index in [0.717, 1.165) is 31.6 Å². The molecule has 8 nitrogen and oxygen atoms in total. The third kappa shape index (κ3) is 8.57. The van der Waals surface area contributed by atoms with Gasteiger partial charge in [0.25, 0.3) is 5.56 Å². The van der Waals surface area contributed by atoms with Crippen LogP contribution < -0.4 is 16.2 Å². The minimum Gasteiger partial charge on any atom is -0.342 e. The van der Waals surface area contributed by atoms with Crippen LogP contribution >= 0.6 is 11.6 Å². The molecular formula is C27H28ClFN4O4. The number of pyridine rings is 1. The molecule has 2 aliphatic rings. The zero-order valence-corrected chi connectivity index (χ0v) is 20.9. The van der Waals surface area contributed by atoms with Gasteiger partial charge in [-0.1, -0.05) is 17.7 Å². The van der Waals surface area contributed by atoms with E-state index in [1.54, 1.807) is 48.7 Å². The largest absolute Gasteiger partial charge is 0.342 e. The van der Waals surface area contributed by atoms with Crippen LogP contribution in [0.2, 0.25) is 5.02 Å². The van der Waals surface area contributed by atoms with Crippen LogP contribution in [0, 0.1) is 11.7 Å². The minimum atomic E-state index is -0.592. The fraction of sp³-hybridized carbons (Fsp3) is 0.259. The molecule has 0 unspecified atom stereocenters. The van der Waals surface area contributed by atoms with Gasteiger partial charge in [-0.2, -0.15) is 0 Å². The van der Waals surface area contributed by atoms with Gasteiger partial charge in [-0.3, -0.25) is 23.7 Å². The molecule has 1 aliphatic heterocycles. The molecule has 194 valence electrons. The average molecular weight is 527 g/mol. The number of nitrogens with zero attached hydrogens (tertiary/aromatic N) is 2. The Morgan fingerprint density at radius 2 is 1.62 bits per heavy atom. The number of carbonyl (C=O) groups is 3. The Morgan fingerprint density at radius 1 is 0.946 bits per heavy atom. The van der Waals surface area contributed by atoms with Crippen molar-refractivity contribution < 1.29 is 18.8 Å². The highest BCUT2D eigenvalue weighted by Gasteiger charge is 2.34. The highest BCUT2D eigenvalue weighted by Crippen LogP contribution is 2.31. The maximum absolute atomic E-state index is 13.5. The SMILES string of the molecule is O=C(C1CC1)N1CCCC1.O=CNc1ccc(-n2ccccc2=O)cc1F.O=CNc1ccc(Cl)cc1. The average Bonchev–Trinajstić information content (AvgIpc) is 3.61. The quantitative estimate of drug-likeness (QED) is 0.463. The van der Waals surface area contributed by atoms with Gasteiger partial charge in [0.1, 0.15) is 5.82 Å². The normalized spacial score (nSPS) is 13.8. The second-order valence-corrected chi connectivity index (χ2v) is 8.85. The Morgan fingerprint density at radius 3 is 2.19 bits per heavy atom. The predicted molar refractivity (Wildman–Crippen MR) is 141 cm³/mol. The summed E-state index contributed by atoms with van der Waals surface area (Å²) in [6.45, 7) is 2.05. The number of benzene rings is 2. The predicted octanol–water partition coefficient (Wildman–Crippen LogP) is 4.47. The number of nitrogens with one attached hydrogen (secondary N) is 2. The van der Waals surface area contributed by atoms with Crippen LogP contribution in [0.25, 0.3) is 5.69 Å².